The number of pyridine rings is 1. The van der Waals surface area contributed by atoms with E-state index in [1.807, 2.05) is 43.3 Å². The largest absolute Gasteiger partial charge is 0.382 e. The van der Waals surface area contributed by atoms with Gasteiger partial charge in [0.2, 0.25) is 0 Å². The number of hydrogen-bond acceptors (Lipinski definition) is 4. The first-order valence-electron chi connectivity index (χ1n) is 8.40. The van der Waals surface area contributed by atoms with Gasteiger partial charge >= 0.3 is 0 Å². The van der Waals surface area contributed by atoms with Crippen molar-refractivity contribution >= 4 is 22.8 Å². The summed E-state index contributed by atoms with van der Waals surface area (Å²) in [5.41, 5.74) is 9.15. The van der Waals surface area contributed by atoms with E-state index in [1.54, 1.807) is 0 Å². The van der Waals surface area contributed by atoms with Gasteiger partial charge in [-0.25, -0.2) is 4.98 Å². The maximum Gasteiger partial charge on any atom is 0.280 e. The Morgan fingerprint density at radius 1 is 1.17 bits per heavy atom. The van der Waals surface area contributed by atoms with Gasteiger partial charge in [-0.2, -0.15) is 4.68 Å². The summed E-state index contributed by atoms with van der Waals surface area (Å²) >= 11 is 0. The Balaban J connectivity index is 1.84. The number of fused-ring (bicyclic) bond motifs is 1. The van der Waals surface area contributed by atoms with Gasteiger partial charge in [-0.3, -0.25) is 4.79 Å². The quantitative estimate of drug-likeness (QED) is 0.782. The number of hydrogen-bond donors (Lipinski definition) is 1. The summed E-state index contributed by atoms with van der Waals surface area (Å²) in [6, 6.07) is 11.5. The average molecular weight is 320 g/mol. The van der Waals surface area contributed by atoms with Crippen LogP contribution in [0.4, 0.5) is 5.82 Å². The van der Waals surface area contributed by atoms with Gasteiger partial charge in [0.25, 0.3) is 5.91 Å². The molecule has 4 rings (SSSR count). The van der Waals surface area contributed by atoms with Gasteiger partial charge in [0.15, 0.2) is 11.5 Å². The molecule has 2 aromatic heterocycles. The fraction of sp³-hybridized carbons (Fsp3) is 0.316. The molecule has 1 fully saturated rings. The van der Waals surface area contributed by atoms with Crippen LogP contribution in [0.25, 0.3) is 11.0 Å². The summed E-state index contributed by atoms with van der Waals surface area (Å²) in [5, 5.41) is 4.99. The second-order valence-electron chi connectivity index (χ2n) is 6.51. The fourth-order valence-corrected chi connectivity index (χ4v) is 3.55. The third-order valence-electron chi connectivity index (χ3n) is 4.92. The van der Waals surface area contributed by atoms with Gasteiger partial charge in [0.1, 0.15) is 0 Å². The van der Waals surface area contributed by atoms with Gasteiger partial charge in [-0.1, -0.05) is 31.0 Å². The molecule has 1 saturated carbocycles. The van der Waals surface area contributed by atoms with Crippen molar-refractivity contribution in [3.8, 4) is 0 Å². The standard InChI is InChI=1S/C19H20N4O/c1-12-6-2-5-9-14(12)19(24)23-18-15(17(20)22-23)10-11-16(21-18)13-7-3-4-8-13/h2,5-6,9-11,13H,3-4,7-8H2,1H3,(H2,20,22). The number of aryl methyl sites for hydroxylation is 1. The molecule has 0 aliphatic heterocycles. The van der Waals surface area contributed by atoms with Gasteiger partial charge in [0.05, 0.1) is 5.39 Å². The Kier molecular flexibility index (Phi) is 3.56. The van der Waals surface area contributed by atoms with Crippen molar-refractivity contribution in [2.24, 2.45) is 0 Å². The molecule has 3 aromatic rings. The van der Waals surface area contributed by atoms with Gasteiger partial charge in [0, 0.05) is 17.2 Å². The number of nitrogens with two attached hydrogens (primary N) is 1. The Labute approximate surface area is 140 Å². The Hall–Kier alpha value is -2.69. The number of nitrogen functional groups attached to an aromatic ring is 1. The number of rotatable bonds is 2. The predicted octanol–water partition coefficient (Wildman–Crippen LogP) is 3.67. The number of nitrogens with zero attached hydrogens (tertiary/aromatic N) is 3. The van der Waals surface area contributed by atoms with E-state index in [9.17, 15) is 4.79 Å². The second kappa shape index (κ2) is 5.74. The lowest BCUT2D eigenvalue weighted by Crippen LogP contribution is -2.16. The van der Waals surface area contributed by atoms with Crippen molar-refractivity contribution in [1.82, 2.24) is 14.8 Å². The van der Waals surface area contributed by atoms with Crippen LogP contribution in [0.2, 0.25) is 0 Å². The average Bonchev–Trinajstić information content (AvgIpc) is 3.23. The number of aromatic nitrogens is 3. The molecule has 1 aliphatic rings. The highest BCUT2D eigenvalue weighted by molar-refractivity contribution is 6.03. The molecule has 0 bridgehead atoms. The van der Waals surface area contributed by atoms with E-state index < -0.39 is 0 Å². The molecule has 0 spiro atoms. The molecule has 0 amide bonds. The van der Waals surface area contributed by atoms with Crippen LogP contribution in [0.15, 0.2) is 36.4 Å². The molecule has 5 nitrogen and oxygen atoms in total. The molecule has 2 heterocycles. The first-order valence-corrected chi connectivity index (χ1v) is 8.40. The molecule has 24 heavy (non-hydrogen) atoms. The number of benzene rings is 1. The van der Waals surface area contributed by atoms with E-state index in [1.165, 1.54) is 17.5 Å². The molecule has 0 unspecified atom stereocenters. The lowest BCUT2D eigenvalue weighted by Gasteiger charge is -2.09. The highest BCUT2D eigenvalue weighted by Gasteiger charge is 2.22. The zero-order valence-corrected chi connectivity index (χ0v) is 13.7. The van der Waals surface area contributed by atoms with E-state index in [4.69, 9.17) is 10.7 Å². The fourth-order valence-electron chi connectivity index (χ4n) is 3.55. The Bertz CT molecular complexity index is 922. The SMILES string of the molecule is Cc1ccccc1C(=O)n1nc(N)c2ccc(C3CCCC3)nc21. The maximum absolute atomic E-state index is 12.9. The van der Waals surface area contributed by atoms with Crippen molar-refractivity contribution in [1.29, 1.82) is 0 Å². The zero-order chi connectivity index (χ0) is 16.7. The van der Waals surface area contributed by atoms with Crippen LogP contribution in [0, 0.1) is 6.92 Å². The summed E-state index contributed by atoms with van der Waals surface area (Å²) < 4.78 is 1.35. The maximum atomic E-state index is 12.9. The topological polar surface area (TPSA) is 73.8 Å². The van der Waals surface area contributed by atoms with Crippen LogP contribution in [-0.4, -0.2) is 20.7 Å². The lowest BCUT2D eigenvalue weighted by atomic mass is 10.0. The van der Waals surface area contributed by atoms with Crippen LogP contribution in [0.3, 0.4) is 0 Å². The zero-order valence-electron chi connectivity index (χ0n) is 13.7. The van der Waals surface area contributed by atoms with Gasteiger partial charge < -0.3 is 5.73 Å². The molecule has 5 heteroatoms. The Morgan fingerprint density at radius 2 is 1.92 bits per heavy atom. The summed E-state index contributed by atoms with van der Waals surface area (Å²) in [5.74, 6) is 0.635. The molecule has 1 aliphatic carbocycles. The van der Waals surface area contributed by atoms with Gasteiger partial charge in [-0.15, -0.1) is 5.10 Å². The molecular weight excluding hydrogens is 300 g/mol. The number of carbonyl (C=O) groups is 1. The normalized spacial score (nSPS) is 15.2. The summed E-state index contributed by atoms with van der Waals surface area (Å²) in [4.78, 5) is 17.7. The van der Waals surface area contributed by atoms with Crippen molar-refractivity contribution in [3.63, 3.8) is 0 Å². The van der Waals surface area contributed by atoms with E-state index in [0.717, 1.165) is 29.5 Å². The van der Waals surface area contributed by atoms with Crippen LogP contribution < -0.4 is 5.73 Å². The predicted molar refractivity (Wildman–Crippen MR) is 94.1 cm³/mol. The minimum absolute atomic E-state index is 0.189. The first-order chi connectivity index (χ1) is 11.6. The molecule has 1 aromatic carbocycles. The van der Waals surface area contributed by atoms with Crippen LogP contribution in [0.5, 0.6) is 0 Å². The summed E-state index contributed by atoms with van der Waals surface area (Å²) in [6.07, 6.45) is 4.81. The molecule has 0 saturated heterocycles. The minimum Gasteiger partial charge on any atom is -0.382 e. The Morgan fingerprint density at radius 3 is 2.67 bits per heavy atom. The highest BCUT2D eigenvalue weighted by atomic mass is 16.2. The number of carbonyl (C=O) groups excluding carboxylic acids is 1. The van der Waals surface area contributed by atoms with E-state index in [2.05, 4.69) is 5.10 Å². The van der Waals surface area contributed by atoms with Gasteiger partial charge in [-0.05, 0) is 43.5 Å². The second-order valence-corrected chi connectivity index (χ2v) is 6.51. The molecular formula is C19H20N4O. The van der Waals surface area contributed by atoms with E-state index in [-0.39, 0.29) is 5.91 Å². The van der Waals surface area contributed by atoms with E-state index >= 15 is 0 Å². The number of anilines is 1. The minimum atomic E-state index is -0.189. The third-order valence-corrected chi connectivity index (χ3v) is 4.92. The molecule has 0 radical (unpaired) electrons. The van der Waals surface area contributed by atoms with Crippen molar-refractivity contribution in [3.05, 3.63) is 53.2 Å². The molecule has 122 valence electrons. The lowest BCUT2D eigenvalue weighted by molar-refractivity contribution is 0.0949. The third kappa shape index (κ3) is 2.37. The van der Waals surface area contributed by atoms with Crippen LogP contribution in [0.1, 0.15) is 53.2 Å². The van der Waals surface area contributed by atoms with Crippen LogP contribution in [-0.2, 0) is 0 Å². The van der Waals surface area contributed by atoms with Crippen molar-refractivity contribution in [2.75, 3.05) is 5.73 Å². The van der Waals surface area contributed by atoms with Crippen molar-refractivity contribution in [2.45, 2.75) is 38.5 Å². The molecule has 2 N–H and O–H groups in total. The first kappa shape index (κ1) is 14.9. The monoisotopic (exact) mass is 320 g/mol. The summed E-state index contributed by atoms with van der Waals surface area (Å²) in [7, 11) is 0. The molecule has 0 atom stereocenters. The summed E-state index contributed by atoms with van der Waals surface area (Å²) in [6.45, 7) is 1.92. The smallest absolute Gasteiger partial charge is 0.280 e. The van der Waals surface area contributed by atoms with E-state index in [0.29, 0.717) is 22.9 Å². The van der Waals surface area contributed by atoms with Crippen LogP contribution >= 0.6 is 0 Å². The van der Waals surface area contributed by atoms with Crippen molar-refractivity contribution < 1.29 is 4.79 Å². The highest BCUT2D eigenvalue weighted by Crippen LogP contribution is 2.34.